The number of aromatic nitrogens is 4. The SMILES string of the molecule is Fc1c(F)c(F)c(-c2c3nc(c(-c4c(F)c(F)c(F)c(F)c4F)c4ccc([nH]4)c(-c4c(F)c(F)c(F)c(F)c4F)c4nc(c(-c5c(F)c(F)c(F)c(F)c5F)c5ccc2[nH]5)C=C4)C=C3)c(F)c1F.[Fe+3]. The van der Waals surface area contributed by atoms with Crippen LogP contribution in [0.25, 0.3) is 90.9 Å². The molecule has 0 atom stereocenters. The van der Waals surface area contributed by atoms with Crippen LogP contribution in [0.2, 0.25) is 0 Å². The van der Waals surface area contributed by atoms with Crippen molar-refractivity contribution in [3.63, 3.8) is 0 Å². The summed E-state index contributed by atoms with van der Waals surface area (Å²) < 4.78 is 303. The van der Waals surface area contributed by atoms with Gasteiger partial charge in [-0.3, -0.25) is 0 Å². The predicted molar refractivity (Wildman–Crippen MR) is 200 cm³/mol. The van der Waals surface area contributed by atoms with Crippen LogP contribution in [0, 0.1) is 116 Å². The molecule has 7 aromatic rings. The van der Waals surface area contributed by atoms with Gasteiger partial charge in [0.1, 0.15) is 0 Å². The van der Waals surface area contributed by atoms with Gasteiger partial charge < -0.3 is 9.97 Å². The molecule has 8 bridgehead atoms. The standard InChI is InChI=1S/C44H10F20N4.Fe/c45-25-21(26(46)34(54)41(61)33(25)53)17-9-1-2-10(65-9)18(22-27(47)35(55)42(62)36(56)28(22)48)12-5-6-14(67-12)20(24-31(51)39(59)44(64)40(60)32(24)52)16-8-7-15(68-16)19(13-4-3-11(17)66-13)23-29(49)37(57)43(63)38(58)30(23)50;/h1-8,65,68H;/q;+3. The van der Waals surface area contributed by atoms with Crippen LogP contribution in [0.4, 0.5) is 87.8 Å². The summed E-state index contributed by atoms with van der Waals surface area (Å²) in [5, 5.41) is 0. The van der Waals surface area contributed by atoms with Crippen molar-refractivity contribution in [2.45, 2.75) is 0 Å². The Morgan fingerprint density at radius 1 is 0.217 bits per heavy atom. The van der Waals surface area contributed by atoms with Crippen molar-refractivity contribution in [3.05, 3.63) is 163 Å². The Bertz CT molecular complexity index is 3120. The average Bonchev–Trinajstić information content (AvgIpc) is 4.18. The third kappa shape index (κ3) is 6.99. The predicted octanol–water partition coefficient (Wildman–Crippen LogP) is 14.1. The Kier molecular flexibility index (Phi) is 11.8. The van der Waals surface area contributed by atoms with E-state index in [0.717, 1.165) is 0 Å². The van der Waals surface area contributed by atoms with Crippen molar-refractivity contribution in [2.24, 2.45) is 0 Å². The van der Waals surface area contributed by atoms with Crippen LogP contribution in [-0.4, -0.2) is 19.9 Å². The molecule has 0 saturated heterocycles. The van der Waals surface area contributed by atoms with Gasteiger partial charge in [-0.05, 0) is 48.6 Å². The van der Waals surface area contributed by atoms with E-state index in [1.807, 2.05) is 0 Å². The normalized spacial score (nSPS) is 12.1. The number of hydrogen-bond donors (Lipinski definition) is 2. The second-order valence-electron chi connectivity index (χ2n) is 14.3. The van der Waals surface area contributed by atoms with Gasteiger partial charge >= 0.3 is 17.1 Å². The van der Waals surface area contributed by atoms with Gasteiger partial charge in [0, 0.05) is 44.3 Å². The van der Waals surface area contributed by atoms with Gasteiger partial charge in [-0.25, -0.2) is 97.8 Å². The molecule has 0 fully saturated rings. The zero-order valence-corrected chi connectivity index (χ0v) is 33.5. The van der Waals surface area contributed by atoms with Crippen molar-refractivity contribution in [3.8, 4) is 44.5 Å². The number of aromatic amines is 2. The van der Waals surface area contributed by atoms with E-state index in [1.54, 1.807) is 0 Å². The summed E-state index contributed by atoms with van der Waals surface area (Å²) in [6.07, 6.45) is 2.40. The summed E-state index contributed by atoms with van der Waals surface area (Å²) in [7, 11) is 0. The molecule has 3 aromatic heterocycles. The van der Waals surface area contributed by atoms with E-state index in [-0.39, 0.29) is 17.1 Å². The minimum atomic E-state index is -2.72. The van der Waals surface area contributed by atoms with E-state index in [2.05, 4.69) is 19.9 Å². The zero-order chi connectivity index (χ0) is 49.3. The molecule has 4 aromatic carbocycles. The van der Waals surface area contributed by atoms with E-state index >= 15 is 35.1 Å². The average molecular weight is 1030 g/mol. The van der Waals surface area contributed by atoms with Gasteiger partial charge in [0.05, 0.1) is 45.0 Å². The molecule has 9 rings (SSSR count). The molecule has 4 nitrogen and oxygen atoms in total. The number of nitrogens with zero attached hydrogens (tertiary/aromatic N) is 2. The summed E-state index contributed by atoms with van der Waals surface area (Å²) in [6, 6.07) is 2.51. The van der Waals surface area contributed by atoms with E-state index in [0.29, 0.717) is 48.6 Å². The summed E-state index contributed by atoms with van der Waals surface area (Å²) in [6.45, 7) is 0. The molecule has 0 saturated carbocycles. The molecule has 25 heteroatoms. The quantitative estimate of drug-likeness (QED) is 0.0799. The Balaban J connectivity index is 0.00000642. The van der Waals surface area contributed by atoms with Crippen LogP contribution >= 0.6 is 0 Å². The van der Waals surface area contributed by atoms with E-state index in [4.69, 9.17) is 0 Å². The van der Waals surface area contributed by atoms with E-state index < -0.39 is 206 Å². The Hall–Kier alpha value is -7.40. The number of H-pyrrole nitrogens is 2. The fourth-order valence-electron chi connectivity index (χ4n) is 7.56. The number of benzene rings is 4. The Morgan fingerprint density at radius 2 is 0.362 bits per heavy atom. The molecule has 69 heavy (non-hydrogen) atoms. The van der Waals surface area contributed by atoms with Crippen LogP contribution in [0.3, 0.4) is 0 Å². The molecule has 0 spiro atoms. The van der Waals surface area contributed by atoms with Crippen molar-refractivity contribution in [1.29, 1.82) is 0 Å². The molecule has 0 aliphatic carbocycles. The third-order valence-corrected chi connectivity index (χ3v) is 10.6. The third-order valence-electron chi connectivity index (χ3n) is 10.6. The second kappa shape index (κ2) is 17.0. The van der Waals surface area contributed by atoms with Crippen molar-refractivity contribution in [1.82, 2.24) is 19.9 Å². The summed E-state index contributed by atoms with van der Waals surface area (Å²) in [4.78, 5) is 12.3. The number of rotatable bonds is 4. The van der Waals surface area contributed by atoms with Crippen molar-refractivity contribution >= 4 is 46.4 Å². The van der Waals surface area contributed by atoms with Crippen LogP contribution in [0.15, 0.2) is 24.3 Å². The maximum Gasteiger partial charge on any atom is 3.00 e. The topological polar surface area (TPSA) is 57.4 Å². The van der Waals surface area contributed by atoms with Crippen LogP contribution < -0.4 is 0 Å². The fourth-order valence-corrected chi connectivity index (χ4v) is 7.56. The zero-order valence-electron chi connectivity index (χ0n) is 32.4. The summed E-state index contributed by atoms with van der Waals surface area (Å²) in [5.41, 5.74) is -20.5. The van der Waals surface area contributed by atoms with Gasteiger partial charge in [-0.2, -0.15) is 0 Å². The summed E-state index contributed by atoms with van der Waals surface area (Å²) >= 11 is 0. The number of fused-ring (bicyclic) bond motifs is 8. The Morgan fingerprint density at radius 3 is 0.522 bits per heavy atom. The first kappa shape index (κ1) is 48.1. The monoisotopic (exact) mass is 1030 g/mol. The molecule has 0 unspecified atom stereocenters. The van der Waals surface area contributed by atoms with Crippen molar-refractivity contribution in [2.75, 3.05) is 0 Å². The van der Waals surface area contributed by atoms with Crippen LogP contribution in [-0.2, 0) is 17.1 Å². The minimum Gasteiger partial charge on any atom is -0.354 e. The van der Waals surface area contributed by atoms with Gasteiger partial charge in [-0.1, -0.05) is 0 Å². The molecule has 351 valence electrons. The Labute approximate surface area is 378 Å². The van der Waals surface area contributed by atoms with Gasteiger partial charge in [0.2, 0.25) is 23.3 Å². The fraction of sp³-hybridized carbons (Fsp3) is 0. The first-order valence-electron chi connectivity index (χ1n) is 18.3. The van der Waals surface area contributed by atoms with E-state index in [9.17, 15) is 52.7 Å². The van der Waals surface area contributed by atoms with Gasteiger partial charge in [0.25, 0.3) is 0 Å². The maximum absolute atomic E-state index is 15.8. The number of nitrogens with one attached hydrogen (secondary N) is 2. The molecular weight excluding hydrogens is 1020 g/mol. The maximum atomic E-state index is 15.8. The number of halogens is 20. The van der Waals surface area contributed by atoms with Gasteiger partial charge in [0.15, 0.2) is 93.1 Å². The summed E-state index contributed by atoms with van der Waals surface area (Å²) in [5.74, 6) is -52.6. The molecule has 2 aliphatic rings. The molecule has 1 radical (unpaired) electrons. The number of hydrogen-bond acceptors (Lipinski definition) is 2. The largest absolute Gasteiger partial charge is 3.00 e. The molecule has 2 aliphatic heterocycles. The van der Waals surface area contributed by atoms with Crippen molar-refractivity contribution < 1.29 is 105 Å². The van der Waals surface area contributed by atoms with Crippen LogP contribution in [0.5, 0.6) is 0 Å². The molecular formula is C44H10F20FeN4+3. The van der Waals surface area contributed by atoms with E-state index in [1.165, 1.54) is 0 Å². The second-order valence-corrected chi connectivity index (χ2v) is 14.3. The first-order chi connectivity index (χ1) is 32.1. The minimum absolute atomic E-state index is 0. The first-order valence-corrected chi connectivity index (χ1v) is 18.3. The molecule has 0 amide bonds. The molecule has 5 heterocycles. The van der Waals surface area contributed by atoms with Gasteiger partial charge in [-0.15, -0.1) is 0 Å². The smallest absolute Gasteiger partial charge is 0.354 e. The van der Waals surface area contributed by atoms with Crippen LogP contribution in [0.1, 0.15) is 22.8 Å². The molecule has 2 N–H and O–H groups in total.